The molecule has 6 nitrogen and oxygen atoms in total. The maximum absolute atomic E-state index is 13.4. The van der Waals surface area contributed by atoms with Crippen LogP contribution in [-0.4, -0.2) is 35.5 Å². The summed E-state index contributed by atoms with van der Waals surface area (Å²) in [6.45, 7) is 8.60. The minimum absolute atomic E-state index is 0.294. The van der Waals surface area contributed by atoms with E-state index in [4.69, 9.17) is 4.74 Å². The second-order valence-electron chi connectivity index (χ2n) is 9.17. The van der Waals surface area contributed by atoms with E-state index < -0.39 is 19.4 Å². The fourth-order valence-corrected chi connectivity index (χ4v) is 7.03. The van der Waals surface area contributed by atoms with Crippen LogP contribution in [0.15, 0.2) is 41.6 Å². The number of fused-ring (bicyclic) bond motifs is 2. The third-order valence-corrected chi connectivity index (χ3v) is 8.75. The van der Waals surface area contributed by atoms with Crippen LogP contribution in [0, 0.1) is 0 Å². The number of hydrogen-bond donors (Lipinski definition) is 1. The molecule has 0 bridgehead atoms. The third-order valence-electron chi connectivity index (χ3n) is 5.80. The van der Waals surface area contributed by atoms with Gasteiger partial charge in [-0.3, -0.25) is 4.98 Å². The second-order valence-corrected chi connectivity index (χ2v) is 15.3. The summed E-state index contributed by atoms with van der Waals surface area (Å²) in [7, 11) is -2.14. The predicted octanol–water partition coefficient (Wildman–Crippen LogP) is 5.55. The first kappa shape index (κ1) is 22.9. The quantitative estimate of drug-likeness (QED) is 0.379. The molecule has 4 rings (SSSR count). The van der Waals surface area contributed by atoms with Crippen molar-refractivity contribution in [1.29, 1.82) is 0 Å². The molecule has 1 amide bonds. The van der Waals surface area contributed by atoms with Crippen molar-refractivity contribution in [1.82, 2.24) is 9.97 Å². The highest BCUT2D eigenvalue weighted by Crippen LogP contribution is 2.38. The maximum Gasteiger partial charge on any atom is 0.406 e. The van der Waals surface area contributed by atoms with Gasteiger partial charge in [0, 0.05) is 22.4 Å². The van der Waals surface area contributed by atoms with Gasteiger partial charge in [-0.1, -0.05) is 43.9 Å². The van der Waals surface area contributed by atoms with Gasteiger partial charge in [-0.15, -0.1) is 0 Å². The molecule has 0 fully saturated rings. The zero-order chi connectivity index (χ0) is 22.9. The molecule has 32 heavy (non-hydrogen) atoms. The molecule has 2 aromatic carbocycles. The van der Waals surface area contributed by atoms with Crippen molar-refractivity contribution < 1.29 is 14.1 Å². The van der Waals surface area contributed by atoms with Crippen molar-refractivity contribution in [3.8, 4) is 0 Å². The Bertz CT molecular complexity index is 1090. The van der Waals surface area contributed by atoms with E-state index in [1.807, 2.05) is 41.8 Å². The van der Waals surface area contributed by atoms with Crippen LogP contribution < -0.4 is 4.57 Å². The lowest BCUT2D eigenvalue weighted by atomic mass is 9.89. The van der Waals surface area contributed by atoms with Gasteiger partial charge in [0.05, 0.1) is 17.6 Å². The molecule has 1 unspecified atom stereocenters. The highest BCUT2D eigenvalue weighted by atomic mass is 32.2. The summed E-state index contributed by atoms with van der Waals surface area (Å²) >= 11 is -1.37. The van der Waals surface area contributed by atoms with Gasteiger partial charge < -0.3 is 13.9 Å². The first-order valence-electron chi connectivity index (χ1n) is 11.2. The van der Waals surface area contributed by atoms with Crippen LogP contribution in [0.2, 0.25) is 19.6 Å². The molecule has 0 saturated carbocycles. The number of nitrogens with one attached hydrogen (secondary N) is 1. The molecule has 1 N–H and O–H groups in total. The number of nitrogens with zero attached hydrogens (tertiary/aromatic N) is 2. The molecule has 0 aliphatic heterocycles. The van der Waals surface area contributed by atoms with E-state index in [1.54, 1.807) is 0 Å². The molecular formula is C24H31N3O3SSi. The van der Waals surface area contributed by atoms with Crippen molar-refractivity contribution in [3.05, 3.63) is 53.1 Å². The first-order valence-corrected chi connectivity index (χ1v) is 16.0. The lowest BCUT2D eigenvalue weighted by Gasteiger charge is -2.37. The topological polar surface area (TPSA) is 81.3 Å². The molecule has 1 aromatic heterocycles. The summed E-state index contributed by atoms with van der Waals surface area (Å²) in [6, 6.07) is 11.9. The Balaban J connectivity index is 1.78. The second kappa shape index (κ2) is 9.29. The molecule has 0 saturated heterocycles. The van der Waals surface area contributed by atoms with Crippen LogP contribution in [0.25, 0.3) is 11.0 Å². The normalized spacial score (nSPS) is 14.8. The molecule has 1 aliphatic carbocycles. The van der Waals surface area contributed by atoms with E-state index in [0.29, 0.717) is 17.5 Å². The number of amides is 1. The zero-order valence-electron chi connectivity index (χ0n) is 19.2. The molecule has 170 valence electrons. The van der Waals surface area contributed by atoms with Gasteiger partial charge in [0.2, 0.25) is 0 Å². The SMILES string of the molecule is CCOC(=O)N(c1c(C[S+]([O-])c2nc3ccccc3[nH]2)ccc2c1CCCC2)[Si](C)(C)C. The van der Waals surface area contributed by atoms with Crippen molar-refractivity contribution in [2.45, 2.75) is 63.2 Å². The number of carbonyl (C=O) groups is 1. The largest absolute Gasteiger partial charge is 0.609 e. The lowest BCUT2D eigenvalue weighted by Crippen LogP contribution is -2.51. The smallest absolute Gasteiger partial charge is 0.406 e. The van der Waals surface area contributed by atoms with Gasteiger partial charge in [-0.2, -0.15) is 4.98 Å². The van der Waals surface area contributed by atoms with Gasteiger partial charge in [0.25, 0.3) is 0 Å². The number of H-pyrrole nitrogens is 1. The first-order chi connectivity index (χ1) is 15.3. The van der Waals surface area contributed by atoms with E-state index in [9.17, 15) is 9.35 Å². The highest BCUT2D eigenvalue weighted by molar-refractivity contribution is 7.90. The maximum atomic E-state index is 13.4. The zero-order valence-corrected chi connectivity index (χ0v) is 21.1. The molecule has 0 radical (unpaired) electrons. The van der Waals surface area contributed by atoms with Gasteiger partial charge in [0.1, 0.15) is 5.75 Å². The Labute approximate surface area is 193 Å². The van der Waals surface area contributed by atoms with Crippen molar-refractivity contribution >= 4 is 42.2 Å². The van der Waals surface area contributed by atoms with E-state index in [1.165, 1.54) is 11.1 Å². The Kier molecular flexibility index (Phi) is 6.64. The average Bonchev–Trinajstić information content (AvgIpc) is 3.19. The van der Waals surface area contributed by atoms with Crippen molar-refractivity contribution in [2.24, 2.45) is 0 Å². The molecule has 1 atom stereocenters. The number of para-hydroxylation sites is 2. The fourth-order valence-electron chi connectivity index (χ4n) is 4.39. The monoisotopic (exact) mass is 469 g/mol. The van der Waals surface area contributed by atoms with Gasteiger partial charge in [0.15, 0.2) is 8.24 Å². The number of anilines is 1. The summed E-state index contributed by atoms with van der Waals surface area (Å²) in [5.41, 5.74) is 6.01. The van der Waals surface area contributed by atoms with Crippen LogP contribution in [0.3, 0.4) is 0 Å². The molecule has 3 aromatic rings. The minimum Gasteiger partial charge on any atom is -0.609 e. The number of aryl methyl sites for hydroxylation is 1. The number of carbonyl (C=O) groups excluding carboxylic acids is 1. The van der Waals surface area contributed by atoms with Gasteiger partial charge in [-0.25, -0.2) is 4.79 Å². The van der Waals surface area contributed by atoms with E-state index in [-0.39, 0.29) is 6.09 Å². The molecule has 0 spiro atoms. The number of imidazole rings is 1. The Morgan fingerprint density at radius 1 is 1.19 bits per heavy atom. The number of benzene rings is 2. The number of rotatable bonds is 6. The molecule has 8 heteroatoms. The minimum atomic E-state index is -2.14. The number of hydrogen-bond acceptors (Lipinski definition) is 4. The standard InChI is InChI=1S/C24H31N3O3SSi/c1-5-30-24(28)27(32(2,3)4)22-18(15-14-17-10-6-7-11-19(17)22)16-31(29)23-25-20-12-8-9-13-21(20)26-23/h8-9,12-15H,5-7,10-11,16H2,1-4H3,(H,25,26). The lowest BCUT2D eigenvalue weighted by molar-refractivity contribution is 0.163. The Morgan fingerprint density at radius 2 is 1.94 bits per heavy atom. The van der Waals surface area contributed by atoms with E-state index in [2.05, 4.69) is 35.7 Å². The summed E-state index contributed by atoms with van der Waals surface area (Å²) in [6.07, 6.45) is 3.89. The Hall–Kier alpha value is -2.29. The third kappa shape index (κ3) is 4.58. The summed E-state index contributed by atoms with van der Waals surface area (Å²) in [5.74, 6) is 0.294. The average molecular weight is 470 g/mol. The van der Waals surface area contributed by atoms with Crippen LogP contribution in [0.5, 0.6) is 0 Å². The molecule has 1 aliphatic rings. The summed E-state index contributed by atoms with van der Waals surface area (Å²) in [4.78, 5) is 20.9. The summed E-state index contributed by atoms with van der Waals surface area (Å²) < 4.78 is 20.7. The molecular weight excluding hydrogens is 438 g/mol. The van der Waals surface area contributed by atoms with Crippen LogP contribution in [-0.2, 0) is 34.5 Å². The van der Waals surface area contributed by atoms with Crippen LogP contribution >= 0.6 is 0 Å². The number of aromatic amines is 1. The van der Waals surface area contributed by atoms with Gasteiger partial charge >= 0.3 is 11.2 Å². The van der Waals surface area contributed by atoms with Gasteiger partial charge in [-0.05, 0) is 55.9 Å². The predicted molar refractivity (Wildman–Crippen MR) is 132 cm³/mol. The van der Waals surface area contributed by atoms with Crippen LogP contribution in [0.1, 0.15) is 36.5 Å². The van der Waals surface area contributed by atoms with Crippen LogP contribution in [0.4, 0.5) is 10.5 Å². The summed E-state index contributed by atoms with van der Waals surface area (Å²) in [5, 5.41) is 0.463. The fraction of sp³-hybridized carbons (Fsp3) is 0.417. The van der Waals surface area contributed by atoms with Crippen molar-refractivity contribution in [2.75, 3.05) is 11.2 Å². The molecule has 1 heterocycles. The van der Waals surface area contributed by atoms with E-state index >= 15 is 0 Å². The number of aromatic nitrogens is 2. The highest BCUT2D eigenvalue weighted by Gasteiger charge is 2.36. The number of ether oxygens (including phenoxy) is 1. The van der Waals surface area contributed by atoms with E-state index in [0.717, 1.165) is 48.0 Å². The van der Waals surface area contributed by atoms with Crippen molar-refractivity contribution in [3.63, 3.8) is 0 Å². The Morgan fingerprint density at radius 3 is 2.66 bits per heavy atom.